The molecule has 126 valence electrons. The average molecular weight is 363 g/mol. The highest BCUT2D eigenvalue weighted by atomic mass is 32.2. The Morgan fingerprint density at radius 1 is 1.29 bits per heavy atom. The van der Waals surface area contributed by atoms with Crippen LogP contribution < -0.4 is 9.47 Å². The Hall–Kier alpha value is -2.17. The molecule has 0 spiro atoms. The summed E-state index contributed by atoms with van der Waals surface area (Å²) in [5.41, 5.74) is 1.44. The maximum atomic E-state index is 11.7. The molecule has 1 N–H and O–H groups in total. The Balaban J connectivity index is 2.70. The van der Waals surface area contributed by atoms with E-state index in [1.54, 1.807) is 18.2 Å². The molecule has 2 aromatic rings. The molecule has 0 saturated heterocycles. The fourth-order valence-corrected chi connectivity index (χ4v) is 4.78. The first-order valence-electron chi connectivity index (χ1n) is 7.12. The van der Waals surface area contributed by atoms with Crippen LogP contribution in [0, 0.1) is 11.3 Å². The third-order valence-corrected chi connectivity index (χ3v) is 5.60. The van der Waals surface area contributed by atoms with E-state index in [0.717, 1.165) is 15.5 Å². The van der Waals surface area contributed by atoms with Crippen LogP contribution in [-0.2, 0) is 0 Å². The minimum absolute atomic E-state index is 0.155. The lowest BCUT2D eigenvalue weighted by Crippen LogP contribution is -1.97. The van der Waals surface area contributed by atoms with Gasteiger partial charge in [0.2, 0.25) is 0 Å². The summed E-state index contributed by atoms with van der Waals surface area (Å²) in [7, 11) is 3.04. The number of rotatable bonds is 6. The van der Waals surface area contributed by atoms with Gasteiger partial charge in [-0.05, 0) is 17.7 Å². The van der Waals surface area contributed by atoms with Gasteiger partial charge in [0.25, 0.3) is 0 Å². The summed E-state index contributed by atoms with van der Waals surface area (Å²) in [5, 5.41) is 19.4. The second-order valence-corrected chi connectivity index (χ2v) is 7.99. The zero-order chi connectivity index (χ0) is 17.9. The van der Waals surface area contributed by atoms with E-state index in [0.29, 0.717) is 28.2 Å². The molecule has 1 aromatic carbocycles. The molecule has 0 aliphatic heterocycles. The van der Waals surface area contributed by atoms with Crippen molar-refractivity contribution in [2.24, 2.45) is 0 Å². The van der Waals surface area contributed by atoms with Crippen molar-refractivity contribution in [3.8, 4) is 28.7 Å². The summed E-state index contributed by atoms with van der Waals surface area (Å²) in [5.74, 6) is -0.0139. The number of thiophene rings is 1. The maximum absolute atomic E-state index is 11.7. The number of aromatic carboxylic acids is 1. The molecule has 0 atom stereocenters. The van der Waals surface area contributed by atoms with Gasteiger partial charge in [-0.2, -0.15) is 5.26 Å². The average Bonchev–Trinajstić information content (AvgIpc) is 2.91. The Kier molecular flexibility index (Phi) is 5.75. The standard InChI is InChI=1S/C17H17NO4S2/c1-9(2)23-17-11(8-18)14(15(24-17)16(19)20)10-5-6-12(21-3)13(7-10)22-4/h5-7,9H,1-4H3,(H,19,20). The van der Waals surface area contributed by atoms with Gasteiger partial charge in [-0.15, -0.1) is 23.1 Å². The minimum atomic E-state index is -1.04. The molecule has 5 nitrogen and oxygen atoms in total. The van der Waals surface area contributed by atoms with Gasteiger partial charge >= 0.3 is 5.97 Å². The normalized spacial score (nSPS) is 10.5. The summed E-state index contributed by atoms with van der Waals surface area (Å²) < 4.78 is 11.2. The SMILES string of the molecule is COc1ccc(-c2c(C(=O)O)sc(SC(C)C)c2C#N)cc1OC. The number of nitriles is 1. The number of nitrogens with zero attached hydrogens (tertiary/aromatic N) is 1. The quantitative estimate of drug-likeness (QED) is 0.761. The predicted octanol–water partition coefficient (Wildman–Crippen LogP) is 4.50. The van der Waals surface area contributed by atoms with E-state index in [-0.39, 0.29) is 10.1 Å². The number of benzene rings is 1. The molecule has 0 radical (unpaired) electrons. The summed E-state index contributed by atoms with van der Waals surface area (Å²) in [4.78, 5) is 11.8. The third kappa shape index (κ3) is 3.50. The van der Waals surface area contributed by atoms with Crippen LogP contribution in [0.4, 0.5) is 0 Å². The Bertz CT molecular complexity index is 806. The lowest BCUT2D eigenvalue weighted by molar-refractivity contribution is 0.0703. The molecule has 24 heavy (non-hydrogen) atoms. The molecule has 0 amide bonds. The lowest BCUT2D eigenvalue weighted by Gasteiger charge is -2.10. The van der Waals surface area contributed by atoms with Crippen molar-refractivity contribution < 1.29 is 19.4 Å². The fourth-order valence-electron chi connectivity index (χ4n) is 2.23. The van der Waals surface area contributed by atoms with E-state index in [9.17, 15) is 15.2 Å². The van der Waals surface area contributed by atoms with Gasteiger partial charge in [-0.1, -0.05) is 19.9 Å². The van der Waals surface area contributed by atoms with Gasteiger partial charge < -0.3 is 14.6 Å². The molecule has 0 saturated carbocycles. The maximum Gasteiger partial charge on any atom is 0.346 e. The molecular formula is C17H17NO4S2. The first kappa shape index (κ1) is 18.2. The summed E-state index contributed by atoms with van der Waals surface area (Å²) >= 11 is 2.63. The van der Waals surface area contributed by atoms with Crippen molar-refractivity contribution in [2.75, 3.05) is 14.2 Å². The van der Waals surface area contributed by atoms with Crippen molar-refractivity contribution >= 4 is 29.1 Å². The largest absolute Gasteiger partial charge is 0.493 e. The van der Waals surface area contributed by atoms with Gasteiger partial charge in [-0.25, -0.2) is 4.79 Å². The van der Waals surface area contributed by atoms with Crippen molar-refractivity contribution in [3.63, 3.8) is 0 Å². The van der Waals surface area contributed by atoms with Gasteiger partial charge in [0, 0.05) is 10.8 Å². The second-order valence-electron chi connectivity index (χ2n) is 5.12. The first-order chi connectivity index (χ1) is 11.4. The fraction of sp³-hybridized carbons (Fsp3) is 0.294. The third-order valence-electron chi connectivity index (χ3n) is 3.20. The number of hydrogen-bond acceptors (Lipinski definition) is 6. The smallest absolute Gasteiger partial charge is 0.346 e. The Labute approximate surface area is 148 Å². The number of carboxylic acid groups (broad SMARTS) is 1. The highest BCUT2D eigenvalue weighted by Crippen LogP contribution is 2.44. The Morgan fingerprint density at radius 2 is 1.96 bits per heavy atom. The zero-order valence-corrected chi connectivity index (χ0v) is 15.4. The molecule has 0 fully saturated rings. The number of ether oxygens (including phenoxy) is 2. The number of carboxylic acids is 1. The monoisotopic (exact) mass is 363 g/mol. The molecule has 7 heteroatoms. The van der Waals surface area contributed by atoms with E-state index >= 15 is 0 Å². The van der Waals surface area contributed by atoms with Crippen molar-refractivity contribution in [2.45, 2.75) is 23.3 Å². The molecule has 2 rings (SSSR count). The molecule has 1 aromatic heterocycles. The van der Waals surface area contributed by atoms with E-state index < -0.39 is 5.97 Å². The van der Waals surface area contributed by atoms with Crippen LogP contribution in [0.5, 0.6) is 11.5 Å². The van der Waals surface area contributed by atoms with Gasteiger partial charge in [0.05, 0.1) is 24.0 Å². The first-order valence-corrected chi connectivity index (χ1v) is 8.81. The van der Waals surface area contributed by atoms with Crippen molar-refractivity contribution in [3.05, 3.63) is 28.6 Å². The van der Waals surface area contributed by atoms with Crippen molar-refractivity contribution in [1.29, 1.82) is 5.26 Å². The number of hydrogen-bond donors (Lipinski definition) is 1. The van der Waals surface area contributed by atoms with Crippen LogP contribution in [0.25, 0.3) is 11.1 Å². The molecule has 1 heterocycles. The number of thioether (sulfide) groups is 1. The van der Waals surface area contributed by atoms with Gasteiger partial charge in [-0.3, -0.25) is 0 Å². The van der Waals surface area contributed by atoms with E-state index in [1.807, 2.05) is 13.8 Å². The van der Waals surface area contributed by atoms with Crippen LogP contribution in [0.1, 0.15) is 29.1 Å². The van der Waals surface area contributed by atoms with Gasteiger partial charge in [0.1, 0.15) is 10.9 Å². The second kappa shape index (κ2) is 7.60. The lowest BCUT2D eigenvalue weighted by atomic mass is 10.0. The minimum Gasteiger partial charge on any atom is -0.493 e. The van der Waals surface area contributed by atoms with Crippen LogP contribution in [0.2, 0.25) is 0 Å². The number of methoxy groups -OCH3 is 2. The van der Waals surface area contributed by atoms with Crippen LogP contribution >= 0.6 is 23.1 Å². The molecule has 0 aliphatic carbocycles. The van der Waals surface area contributed by atoms with E-state index in [4.69, 9.17) is 9.47 Å². The van der Waals surface area contributed by atoms with Crippen molar-refractivity contribution in [1.82, 2.24) is 0 Å². The summed E-state index contributed by atoms with van der Waals surface area (Å²) in [6.45, 7) is 4.00. The predicted molar refractivity (Wildman–Crippen MR) is 95.5 cm³/mol. The summed E-state index contributed by atoms with van der Waals surface area (Å²) in [6.07, 6.45) is 0. The summed E-state index contributed by atoms with van der Waals surface area (Å²) in [6, 6.07) is 7.29. The molecule has 0 aliphatic rings. The Morgan fingerprint density at radius 3 is 2.46 bits per heavy atom. The van der Waals surface area contributed by atoms with E-state index in [2.05, 4.69) is 6.07 Å². The van der Waals surface area contributed by atoms with Gasteiger partial charge in [0.15, 0.2) is 11.5 Å². The zero-order valence-electron chi connectivity index (χ0n) is 13.7. The topological polar surface area (TPSA) is 79.5 Å². The highest BCUT2D eigenvalue weighted by molar-refractivity contribution is 8.01. The van der Waals surface area contributed by atoms with Crippen LogP contribution in [-0.4, -0.2) is 30.5 Å². The molecule has 0 unspecified atom stereocenters. The van der Waals surface area contributed by atoms with E-state index in [1.165, 1.54) is 26.0 Å². The number of carbonyl (C=O) groups is 1. The van der Waals surface area contributed by atoms with Crippen LogP contribution in [0.3, 0.4) is 0 Å². The molecule has 0 bridgehead atoms. The highest BCUT2D eigenvalue weighted by Gasteiger charge is 2.25. The molecular weight excluding hydrogens is 346 g/mol. The van der Waals surface area contributed by atoms with Crippen LogP contribution in [0.15, 0.2) is 22.4 Å².